The number of pyridine rings is 1. The van der Waals surface area contributed by atoms with Gasteiger partial charge in [0, 0.05) is 18.9 Å². The molecule has 2 aromatic rings. The highest BCUT2D eigenvalue weighted by atomic mass is 19.1. The van der Waals surface area contributed by atoms with E-state index >= 15 is 0 Å². The van der Waals surface area contributed by atoms with Gasteiger partial charge in [0.1, 0.15) is 5.82 Å². The second-order valence-corrected chi connectivity index (χ2v) is 3.80. The van der Waals surface area contributed by atoms with Crippen LogP contribution >= 0.6 is 0 Å². The SMILES string of the molecule is NCCCn1cc(F)cc(-c2ccc[nH]2)c1=O. The molecular formula is C12H14FN3O. The molecule has 4 nitrogen and oxygen atoms in total. The zero-order valence-electron chi connectivity index (χ0n) is 9.32. The van der Waals surface area contributed by atoms with Crippen molar-refractivity contribution < 1.29 is 4.39 Å². The summed E-state index contributed by atoms with van der Waals surface area (Å²) in [5.74, 6) is -0.425. The summed E-state index contributed by atoms with van der Waals surface area (Å²) in [6.07, 6.45) is 3.56. The van der Waals surface area contributed by atoms with Crippen molar-refractivity contribution in [3.05, 3.63) is 46.8 Å². The Morgan fingerprint density at radius 2 is 2.29 bits per heavy atom. The number of hydrogen-bond donors (Lipinski definition) is 2. The lowest BCUT2D eigenvalue weighted by atomic mass is 10.2. The van der Waals surface area contributed by atoms with Crippen molar-refractivity contribution in [2.75, 3.05) is 6.54 Å². The van der Waals surface area contributed by atoms with E-state index in [-0.39, 0.29) is 5.56 Å². The average molecular weight is 235 g/mol. The molecule has 0 atom stereocenters. The average Bonchev–Trinajstić information content (AvgIpc) is 2.83. The Labute approximate surface area is 97.9 Å². The Hall–Kier alpha value is -1.88. The van der Waals surface area contributed by atoms with Crippen LogP contribution in [0.2, 0.25) is 0 Å². The number of nitrogens with one attached hydrogen (secondary N) is 1. The third kappa shape index (κ3) is 2.45. The fourth-order valence-corrected chi connectivity index (χ4v) is 1.72. The van der Waals surface area contributed by atoms with Crippen LogP contribution in [0, 0.1) is 5.82 Å². The number of rotatable bonds is 4. The summed E-state index contributed by atoms with van der Waals surface area (Å²) in [7, 11) is 0. The monoisotopic (exact) mass is 235 g/mol. The summed E-state index contributed by atoms with van der Waals surface area (Å²) in [5, 5.41) is 0. The lowest BCUT2D eigenvalue weighted by molar-refractivity contribution is 0.569. The van der Waals surface area contributed by atoms with Crippen LogP contribution in [0.4, 0.5) is 4.39 Å². The van der Waals surface area contributed by atoms with Gasteiger partial charge in [-0.1, -0.05) is 0 Å². The van der Waals surface area contributed by atoms with Crippen molar-refractivity contribution in [2.45, 2.75) is 13.0 Å². The second kappa shape index (κ2) is 4.97. The first-order chi connectivity index (χ1) is 8.22. The maximum Gasteiger partial charge on any atom is 0.260 e. The highest BCUT2D eigenvalue weighted by Gasteiger charge is 2.09. The van der Waals surface area contributed by atoms with Crippen LogP contribution in [-0.2, 0) is 6.54 Å². The van der Waals surface area contributed by atoms with E-state index in [1.54, 1.807) is 18.3 Å². The molecule has 0 unspecified atom stereocenters. The standard InChI is InChI=1S/C12H14FN3O/c13-9-7-10(11-3-1-5-15-11)12(17)16(8-9)6-2-4-14/h1,3,5,7-8,15H,2,4,6,14H2. The van der Waals surface area contributed by atoms with E-state index in [0.717, 1.165) is 0 Å². The zero-order valence-corrected chi connectivity index (χ0v) is 9.32. The van der Waals surface area contributed by atoms with Crippen molar-refractivity contribution >= 4 is 0 Å². The topological polar surface area (TPSA) is 63.8 Å². The van der Waals surface area contributed by atoms with Crippen LogP contribution in [0.15, 0.2) is 35.4 Å². The van der Waals surface area contributed by atoms with E-state index < -0.39 is 5.82 Å². The van der Waals surface area contributed by atoms with Crippen LogP contribution in [0.25, 0.3) is 11.3 Å². The summed E-state index contributed by atoms with van der Waals surface area (Å²) in [6, 6.07) is 4.75. The van der Waals surface area contributed by atoms with Gasteiger partial charge in [-0.3, -0.25) is 4.79 Å². The molecule has 5 heteroatoms. The lowest BCUT2D eigenvalue weighted by Crippen LogP contribution is -2.23. The summed E-state index contributed by atoms with van der Waals surface area (Å²) in [6.45, 7) is 0.904. The fourth-order valence-electron chi connectivity index (χ4n) is 1.72. The van der Waals surface area contributed by atoms with Crippen LogP contribution in [0.1, 0.15) is 6.42 Å². The number of aromatic nitrogens is 2. The molecule has 0 saturated carbocycles. The molecule has 2 aromatic heterocycles. The van der Waals surface area contributed by atoms with Gasteiger partial charge in [-0.25, -0.2) is 4.39 Å². The number of hydrogen-bond acceptors (Lipinski definition) is 2. The molecule has 0 aliphatic heterocycles. The van der Waals surface area contributed by atoms with Gasteiger partial charge in [-0.2, -0.15) is 0 Å². The molecule has 0 saturated heterocycles. The van der Waals surface area contributed by atoms with Gasteiger partial charge in [-0.15, -0.1) is 0 Å². The van der Waals surface area contributed by atoms with Crippen molar-refractivity contribution in [1.82, 2.24) is 9.55 Å². The highest BCUT2D eigenvalue weighted by Crippen LogP contribution is 2.13. The van der Waals surface area contributed by atoms with Crippen LogP contribution in [0.5, 0.6) is 0 Å². The van der Waals surface area contributed by atoms with Gasteiger partial charge in [0.15, 0.2) is 0 Å². The molecular weight excluding hydrogens is 221 g/mol. The second-order valence-electron chi connectivity index (χ2n) is 3.80. The normalized spacial score (nSPS) is 10.7. The van der Waals surface area contributed by atoms with E-state index in [4.69, 9.17) is 5.73 Å². The number of nitrogens with two attached hydrogens (primary N) is 1. The van der Waals surface area contributed by atoms with Gasteiger partial charge in [0.05, 0.1) is 11.3 Å². The molecule has 0 aliphatic carbocycles. The molecule has 0 fully saturated rings. The van der Waals surface area contributed by atoms with Crippen LogP contribution in [0.3, 0.4) is 0 Å². The molecule has 0 bridgehead atoms. The maximum atomic E-state index is 13.4. The number of H-pyrrole nitrogens is 1. The molecule has 2 heterocycles. The van der Waals surface area contributed by atoms with Gasteiger partial charge >= 0.3 is 0 Å². The fraction of sp³-hybridized carbons (Fsp3) is 0.250. The van der Waals surface area contributed by atoms with E-state index in [1.807, 2.05) is 0 Å². The number of aromatic amines is 1. The number of nitrogens with zero attached hydrogens (tertiary/aromatic N) is 1. The zero-order chi connectivity index (χ0) is 12.3. The quantitative estimate of drug-likeness (QED) is 0.839. The molecule has 2 rings (SSSR count). The van der Waals surface area contributed by atoms with Gasteiger partial charge in [0.2, 0.25) is 0 Å². The molecule has 17 heavy (non-hydrogen) atoms. The first-order valence-corrected chi connectivity index (χ1v) is 5.46. The minimum absolute atomic E-state index is 0.206. The minimum Gasteiger partial charge on any atom is -0.361 e. The Bertz CT molecular complexity index is 545. The summed E-state index contributed by atoms with van der Waals surface area (Å²) in [4.78, 5) is 15.0. The summed E-state index contributed by atoms with van der Waals surface area (Å²) >= 11 is 0. The van der Waals surface area contributed by atoms with Gasteiger partial charge in [-0.05, 0) is 31.2 Å². The Kier molecular flexibility index (Phi) is 3.39. The summed E-state index contributed by atoms with van der Waals surface area (Å²) in [5.41, 5.74) is 6.14. The molecule has 90 valence electrons. The molecule has 3 N–H and O–H groups in total. The lowest BCUT2D eigenvalue weighted by Gasteiger charge is -2.07. The molecule has 0 amide bonds. The summed E-state index contributed by atoms with van der Waals surface area (Å²) < 4.78 is 14.8. The van der Waals surface area contributed by atoms with Crippen molar-refractivity contribution in [3.63, 3.8) is 0 Å². The first kappa shape index (κ1) is 11.6. The van der Waals surface area contributed by atoms with Gasteiger partial charge < -0.3 is 15.3 Å². The largest absolute Gasteiger partial charge is 0.361 e. The van der Waals surface area contributed by atoms with Gasteiger partial charge in [0.25, 0.3) is 5.56 Å². The maximum absolute atomic E-state index is 13.4. The Balaban J connectivity index is 2.46. The van der Waals surface area contributed by atoms with E-state index in [1.165, 1.54) is 16.8 Å². The Morgan fingerprint density at radius 3 is 2.94 bits per heavy atom. The van der Waals surface area contributed by atoms with Crippen molar-refractivity contribution in [3.8, 4) is 11.3 Å². The molecule has 0 spiro atoms. The third-order valence-electron chi connectivity index (χ3n) is 2.54. The predicted octanol–water partition coefficient (Wildman–Crippen LogP) is 1.33. The highest BCUT2D eigenvalue weighted by molar-refractivity contribution is 5.57. The number of halogens is 1. The third-order valence-corrected chi connectivity index (χ3v) is 2.54. The molecule has 0 radical (unpaired) electrons. The molecule has 0 aromatic carbocycles. The van der Waals surface area contributed by atoms with Crippen molar-refractivity contribution in [1.29, 1.82) is 0 Å². The number of aryl methyl sites for hydroxylation is 1. The van der Waals surface area contributed by atoms with Crippen LogP contribution < -0.4 is 11.3 Å². The first-order valence-electron chi connectivity index (χ1n) is 5.46. The smallest absolute Gasteiger partial charge is 0.260 e. The van der Waals surface area contributed by atoms with Crippen LogP contribution in [-0.4, -0.2) is 16.1 Å². The predicted molar refractivity (Wildman–Crippen MR) is 64.1 cm³/mol. The van der Waals surface area contributed by atoms with E-state index in [0.29, 0.717) is 30.8 Å². The van der Waals surface area contributed by atoms with E-state index in [2.05, 4.69) is 4.98 Å². The van der Waals surface area contributed by atoms with E-state index in [9.17, 15) is 9.18 Å². The Morgan fingerprint density at radius 1 is 1.47 bits per heavy atom. The minimum atomic E-state index is -0.425. The molecule has 0 aliphatic rings. The van der Waals surface area contributed by atoms with Crippen molar-refractivity contribution in [2.24, 2.45) is 5.73 Å².